The Hall–Kier alpha value is 0.1000. The van der Waals surface area contributed by atoms with Crippen LogP contribution in [0, 0.1) is 5.92 Å². The second-order valence-corrected chi connectivity index (χ2v) is 6.16. The molecule has 0 N–H and O–H groups in total. The van der Waals surface area contributed by atoms with E-state index in [0.29, 0.717) is 5.92 Å². The minimum absolute atomic E-state index is 0.628. The first-order valence-corrected chi connectivity index (χ1v) is 8.54. The number of alkyl halides is 1. The van der Waals surface area contributed by atoms with Crippen LogP contribution in [0.25, 0.3) is 0 Å². The molecule has 1 unspecified atom stereocenters. The Balaban J connectivity index is 2.20. The number of hydrogen-bond donors (Lipinski definition) is 0. The Morgan fingerprint density at radius 1 is 1.11 bits per heavy atom. The molecule has 0 saturated carbocycles. The molecule has 1 rings (SSSR count). The quantitative estimate of drug-likeness (QED) is 0.432. The van der Waals surface area contributed by atoms with Crippen molar-refractivity contribution in [1.29, 1.82) is 0 Å². The van der Waals surface area contributed by atoms with E-state index >= 15 is 0 Å². The molecule has 1 aromatic carbocycles. The summed E-state index contributed by atoms with van der Waals surface area (Å²) in [5.74, 6) is 0.628. The smallest absolute Gasteiger partial charge is 0.0487 e. The SMILES string of the molecule is COCCCOCCC(CBr)Cc1ccc(Br)cc1. The van der Waals surface area contributed by atoms with E-state index in [4.69, 9.17) is 9.47 Å². The van der Waals surface area contributed by atoms with Gasteiger partial charge in [-0.25, -0.2) is 0 Å². The molecule has 0 heterocycles. The van der Waals surface area contributed by atoms with Gasteiger partial charge in [-0.3, -0.25) is 0 Å². The predicted octanol–water partition coefficient (Wildman–Crippen LogP) is 4.45. The van der Waals surface area contributed by atoms with Crippen molar-refractivity contribution in [2.24, 2.45) is 5.92 Å². The number of rotatable bonds is 10. The van der Waals surface area contributed by atoms with Gasteiger partial charge >= 0.3 is 0 Å². The number of benzene rings is 1. The molecule has 4 heteroatoms. The zero-order chi connectivity index (χ0) is 13.9. The molecule has 0 fully saturated rings. The molecule has 1 atom stereocenters. The molecule has 0 amide bonds. The van der Waals surface area contributed by atoms with Gasteiger partial charge in [0.25, 0.3) is 0 Å². The Morgan fingerprint density at radius 3 is 2.47 bits per heavy atom. The van der Waals surface area contributed by atoms with Gasteiger partial charge in [0, 0.05) is 36.7 Å². The van der Waals surface area contributed by atoms with E-state index < -0.39 is 0 Å². The first-order chi connectivity index (χ1) is 9.26. The zero-order valence-electron chi connectivity index (χ0n) is 11.4. The van der Waals surface area contributed by atoms with E-state index in [2.05, 4.69) is 56.1 Å². The summed E-state index contributed by atoms with van der Waals surface area (Å²) in [6, 6.07) is 8.56. The second kappa shape index (κ2) is 10.8. The van der Waals surface area contributed by atoms with E-state index in [9.17, 15) is 0 Å². The summed E-state index contributed by atoms with van der Waals surface area (Å²) in [5, 5.41) is 1.02. The Bertz CT molecular complexity index is 327. The van der Waals surface area contributed by atoms with Crippen molar-refractivity contribution in [3.8, 4) is 0 Å². The normalized spacial score (nSPS) is 12.6. The highest BCUT2D eigenvalue weighted by Crippen LogP contribution is 2.17. The number of hydrogen-bond acceptors (Lipinski definition) is 2. The number of halogens is 2. The van der Waals surface area contributed by atoms with Gasteiger partial charge in [-0.05, 0) is 42.9 Å². The van der Waals surface area contributed by atoms with Crippen molar-refractivity contribution >= 4 is 31.9 Å². The lowest BCUT2D eigenvalue weighted by Gasteiger charge is -2.14. The van der Waals surface area contributed by atoms with Crippen LogP contribution in [0.15, 0.2) is 28.7 Å². The monoisotopic (exact) mass is 392 g/mol. The molecule has 0 aliphatic carbocycles. The average Bonchev–Trinajstić information content (AvgIpc) is 2.43. The van der Waals surface area contributed by atoms with Crippen molar-refractivity contribution in [3.63, 3.8) is 0 Å². The Morgan fingerprint density at radius 2 is 1.84 bits per heavy atom. The molecule has 2 nitrogen and oxygen atoms in total. The fraction of sp³-hybridized carbons (Fsp3) is 0.600. The van der Waals surface area contributed by atoms with E-state index in [1.54, 1.807) is 7.11 Å². The zero-order valence-corrected chi connectivity index (χ0v) is 14.6. The number of methoxy groups -OCH3 is 1. The Labute approximate surface area is 133 Å². The molecule has 0 saturated heterocycles. The van der Waals surface area contributed by atoms with Crippen LogP contribution >= 0.6 is 31.9 Å². The fourth-order valence-electron chi connectivity index (χ4n) is 1.84. The summed E-state index contributed by atoms with van der Waals surface area (Å²) < 4.78 is 11.7. The van der Waals surface area contributed by atoms with Crippen LogP contribution in [0.4, 0.5) is 0 Å². The van der Waals surface area contributed by atoms with Crippen LogP contribution in [0.2, 0.25) is 0 Å². The molecule has 0 aliphatic heterocycles. The standard InChI is InChI=1S/C15H22Br2O2/c1-18-8-2-9-19-10-7-14(12-16)11-13-3-5-15(17)6-4-13/h3-6,14H,2,7-12H2,1H3. The van der Waals surface area contributed by atoms with Gasteiger partial charge < -0.3 is 9.47 Å². The molecule has 0 spiro atoms. The molecular formula is C15H22Br2O2. The summed E-state index contributed by atoms with van der Waals surface area (Å²) in [7, 11) is 1.72. The van der Waals surface area contributed by atoms with E-state index in [-0.39, 0.29) is 0 Å². The highest BCUT2D eigenvalue weighted by molar-refractivity contribution is 9.10. The summed E-state index contributed by atoms with van der Waals surface area (Å²) in [5.41, 5.74) is 1.38. The van der Waals surface area contributed by atoms with Gasteiger partial charge in [-0.15, -0.1) is 0 Å². The van der Waals surface area contributed by atoms with Crippen LogP contribution in [-0.2, 0) is 15.9 Å². The van der Waals surface area contributed by atoms with Crippen molar-refractivity contribution in [3.05, 3.63) is 34.3 Å². The van der Waals surface area contributed by atoms with Crippen LogP contribution in [-0.4, -0.2) is 32.3 Å². The van der Waals surface area contributed by atoms with Gasteiger partial charge in [0.15, 0.2) is 0 Å². The maximum atomic E-state index is 5.62. The molecule has 0 bridgehead atoms. The minimum Gasteiger partial charge on any atom is -0.385 e. The maximum Gasteiger partial charge on any atom is 0.0487 e. The molecule has 1 aromatic rings. The lowest BCUT2D eigenvalue weighted by molar-refractivity contribution is 0.0953. The van der Waals surface area contributed by atoms with Crippen LogP contribution in [0.3, 0.4) is 0 Å². The van der Waals surface area contributed by atoms with Gasteiger partial charge in [-0.2, -0.15) is 0 Å². The lowest BCUT2D eigenvalue weighted by Crippen LogP contribution is -2.11. The van der Waals surface area contributed by atoms with E-state index in [0.717, 1.165) is 48.9 Å². The third kappa shape index (κ3) is 8.08. The van der Waals surface area contributed by atoms with E-state index in [1.807, 2.05) is 0 Å². The third-order valence-electron chi connectivity index (χ3n) is 2.96. The van der Waals surface area contributed by atoms with E-state index in [1.165, 1.54) is 5.56 Å². The summed E-state index contributed by atoms with van der Waals surface area (Å²) in [6.07, 6.45) is 3.16. The summed E-state index contributed by atoms with van der Waals surface area (Å²) >= 11 is 7.06. The van der Waals surface area contributed by atoms with Crippen LogP contribution < -0.4 is 0 Å². The largest absolute Gasteiger partial charge is 0.385 e. The van der Waals surface area contributed by atoms with Crippen LogP contribution in [0.5, 0.6) is 0 Å². The molecule has 0 aromatic heterocycles. The van der Waals surface area contributed by atoms with Crippen molar-refractivity contribution in [1.82, 2.24) is 0 Å². The Kier molecular flexibility index (Phi) is 9.78. The highest BCUT2D eigenvalue weighted by Gasteiger charge is 2.08. The highest BCUT2D eigenvalue weighted by atomic mass is 79.9. The maximum absolute atomic E-state index is 5.62. The lowest BCUT2D eigenvalue weighted by atomic mass is 9.98. The fourth-order valence-corrected chi connectivity index (χ4v) is 2.66. The van der Waals surface area contributed by atoms with Crippen LogP contribution in [0.1, 0.15) is 18.4 Å². The summed E-state index contributed by atoms with van der Waals surface area (Å²) in [6.45, 7) is 2.40. The molecule has 0 aliphatic rings. The first-order valence-electron chi connectivity index (χ1n) is 6.63. The van der Waals surface area contributed by atoms with Crippen molar-refractivity contribution in [2.75, 3.05) is 32.3 Å². The van der Waals surface area contributed by atoms with Crippen molar-refractivity contribution < 1.29 is 9.47 Å². The predicted molar refractivity (Wildman–Crippen MR) is 87.1 cm³/mol. The molecular weight excluding hydrogens is 372 g/mol. The van der Waals surface area contributed by atoms with Gasteiger partial charge in [0.2, 0.25) is 0 Å². The van der Waals surface area contributed by atoms with Gasteiger partial charge in [0.1, 0.15) is 0 Å². The first kappa shape index (κ1) is 17.2. The van der Waals surface area contributed by atoms with Gasteiger partial charge in [0.05, 0.1) is 0 Å². The molecule has 0 radical (unpaired) electrons. The van der Waals surface area contributed by atoms with Crippen molar-refractivity contribution in [2.45, 2.75) is 19.3 Å². The average molecular weight is 394 g/mol. The second-order valence-electron chi connectivity index (χ2n) is 4.60. The molecule has 19 heavy (non-hydrogen) atoms. The third-order valence-corrected chi connectivity index (χ3v) is 4.41. The minimum atomic E-state index is 0.628. The number of ether oxygens (including phenoxy) is 2. The van der Waals surface area contributed by atoms with Gasteiger partial charge in [-0.1, -0.05) is 44.0 Å². The topological polar surface area (TPSA) is 18.5 Å². The molecule has 108 valence electrons. The summed E-state index contributed by atoms with van der Waals surface area (Å²) in [4.78, 5) is 0.